The van der Waals surface area contributed by atoms with Crippen LogP contribution in [0.25, 0.3) is 0 Å². The van der Waals surface area contributed by atoms with Crippen molar-refractivity contribution < 1.29 is 14.0 Å². The molecule has 2 heterocycles. The van der Waals surface area contributed by atoms with Crippen LogP contribution in [0.5, 0.6) is 0 Å². The molecule has 2 amide bonds. The first-order valence-corrected chi connectivity index (χ1v) is 6.46. The van der Waals surface area contributed by atoms with Gasteiger partial charge in [-0.2, -0.15) is 0 Å². The van der Waals surface area contributed by atoms with Crippen LogP contribution in [-0.2, 0) is 9.59 Å². The lowest BCUT2D eigenvalue weighted by Gasteiger charge is -2.31. The maximum Gasteiger partial charge on any atom is 0.241 e. The highest BCUT2D eigenvalue weighted by molar-refractivity contribution is 6.22. The van der Waals surface area contributed by atoms with Crippen molar-refractivity contribution in [2.45, 2.75) is 19.3 Å². The summed E-state index contributed by atoms with van der Waals surface area (Å²) in [6.45, 7) is 1.44. The summed E-state index contributed by atoms with van der Waals surface area (Å²) in [6, 6.07) is 5.47. The number of carbonyl (C=O) groups is 2. The molecule has 1 atom stereocenters. The van der Waals surface area contributed by atoms with Crippen molar-refractivity contribution in [1.29, 1.82) is 0 Å². The molecule has 0 aliphatic carbocycles. The van der Waals surface area contributed by atoms with Crippen LogP contribution < -0.4 is 10.2 Å². The van der Waals surface area contributed by atoms with Gasteiger partial charge in [-0.05, 0) is 43.7 Å². The van der Waals surface area contributed by atoms with E-state index >= 15 is 0 Å². The summed E-state index contributed by atoms with van der Waals surface area (Å²) in [4.78, 5) is 25.9. The zero-order chi connectivity index (χ0) is 13.5. The van der Waals surface area contributed by atoms with Gasteiger partial charge in [-0.15, -0.1) is 12.4 Å². The van der Waals surface area contributed by atoms with E-state index in [1.807, 2.05) is 0 Å². The topological polar surface area (TPSA) is 49.4 Å². The van der Waals surface area contributed by atoms with Gasteiger partial charge in [0.1, 0.15) is 5.82 Å². The minimum absolute atomic E-state index is 0. The van der Waals surface area contributed by atoms with Crippen LogP contribution in [0.1, 0.15) is 19.3 Å². The number of rotatable bonds is 1. The summed E-state index contributed by atoms with van der Waals surface area (Å²) in [5.41, 5.74) is -0.136. The van der Waals surface area contributed by atoms with E-state index < -0.39 is 5.41 Å². The Bertz CT molecular complexity index is 526. The second-order valence-corrected chi connectivity index (χ2v) is 5.25. The normalized spacial score (nSPS) is 25.9. The van der Waals surface area contributed by atoms with E-state index in [0.717, 1.165) is 19.4 Å². The molecular formula is C14H16ClFN2O2. The quantitative estimate of drug-likeness (QED) is 0.806. The third-order valence-electron chi connectivity index (χ3n) is 3.95. The summed E-state index contributed by atoms with van der Waals surface area (Å²) < 4.78 is 12.9. The summed E-state index contributed by atoms with van der Waals surface area (Å²) in [6.07, 6.45) is 1.88. The number of carbonyl (C=O) groups excluding carboxylic acids is 2. The Morgan fingerprint density at radius 1 is 1.20 bits per heavy atom. The SMILES string of the molecule is Cl.O=C1CC2(CCCNC2)C(=O)N1c1ccc(F)cc1. The number of hydrogen-bond acceptors (Lipinski definition) is 3. The molecule has 1 N–H and O–H groups in total. The fraction of sp³-hybridized carbons (Fsp3) is 0.429. The molecule has 1 spiro atoms. The van der Waals surface area contributed by atoms with Gasteiger partial charge in [0.15, 0.2) is 0 Å². The van der Waals surface area contributed by atoms with E-state index in [4.69, 9.17) is 0 Å². The summed E-state index contributed by atoms with van der Waals surface area (Å²) in [7, 11) is 0. The highest BCUT2D eigenvalue weighted by atomic mass is 35.5. The van der Waals surface area contributed by atoms with Crippen LogP contribution >= 0.6 is 12.4 Å². The van der Waals surface area contributed by atoms with Crippen molar-refractivity contribution in [3.8, 4) is 0 Å². The van der Waals surface area contributed by atoms with E-state index in [9.17, 15) is 14.0 Å². The molecule has 20 heavy (non-hydrogen) atoms. The van der Waals surface area contributed by atoms with Gasteiger partial charge in [0.2, 0.25) is 11.8 Å². The molecule has 3 rings (SSSR count). The fourth-order valence-corrected chi connectivity index (χ4v) is 2.95. The van der Waals surface area contributed by atoms with Crippen LogP contribution in [0.3, 0.4) is 0 Å². The Labute approximate surface area is 122 Å². The molecule has 0 bridgehead atoms. The van der Waals surface area contributed by atoms with Crippen LogP contribution in [0.4, 0.5) is 10.1 Å². The van der Waals surface area contributed by atoms with Gasteiger partial charge in [-0.25, -0.2) is 4.39 Å². The van der Waals surface area contributed by atoms with E-state index in [1.54, 1.807) is 0 Å². The second-order valence-electron chi connectivity index (χ2n) is 5.25. The molecule has 2 aliphatic rings. The van der Waals surface area contributed by atoms with Crippen molar-refractivity contribution >= 4 is 29.9 Å². The molecule has 1 unspecified atom stereocenters. The highest BCUT2D eigenvalue weighted by Gasteiger charge is 2.52. The zero-order valence-electron chi connectivity index (χ0n) is 10.9. The minimum atomic E-state index is -0.594. The molecule has 6 heteroatoms. The Morgan fingerprint density at radius 3 is 2.50 bits per heavy atom. The average Bonchev–Trinajstić information content (AvgIpc) is 2.64. The van der Waals surface area contributed by atoms with Crippen LogP contribution in [0.15, 0.2) is 24.3 Å². The zero-order valence-corrected chi connectivity index (χ0v) is 11.7. The molecule has 1 aromatic rings. The molecule has 2 fully saturated rings. The fourth-order valence-electron chi connectivity index (χ4n) is 2.95. The third kappa shape index (κ3) is 2.31. The van der Waals surface area contributed by atoms with Gasteiger partial charge in [0.25, 0.3) is 0 Å². The van der Waals surface area contributed by atoms with E-state index in [1.165, 1.54) is 29.2 Å². The molecule has 0 radical (unpaired) electrons. The van der Waals surface area contributed by atoms with Crippen LogP contribution in [-0.4, -0.2) is 24.9 Å². The monoisotopic (exact) mass is 298 g/mol. The third-order valence-corrected chi connectivity index (χ3v) is 3.95. The maximum atomic E-state index is 12.9. The largest absolute Gasteiger partial charge is 0.316 e. The summed E-state index contributed by atoms with van der Waals surface area (Å²) >= 11 is 0. The lowest BCUT2D eigenvalue weighted by atomic mass is 9.79. The van der Waals surface area contributed by atoms with Gasteiger partial charge < -0.3 is 5.32 Å². The maximum absolute atomic E-state index is 12.9. The van der Waals surface area contributed by atoms with E-state index in [2.05, 4.69) is 5.32 Å². The Kier molecular flexibility index (Phi) is 4.11. The standard InChI is InChI=1S/C14H15FN2O2.ClH/c15-10-2-4-11(5-3-10)17-12(18)8-14(13(17)19)6-1-7-16-9-14;/h2-5,16H,1,6-9H2;1H. The average molecular weight is 299 g/mol. The van der Waals surface area contributed by atoms with Gasteiger partial charge in [-0.1, -0.05) is 0 Å². The number of nitrogens with one attached hydrogen (secondary N) is 1. The molecule has 0 saturated carbocycles. The van der Waals surface area contributed by atoms with E-state index in [-0.39, 0.29) is 36.5 Å². The van der Waals surface area contributed by atoms with Crippen molar-refractivity contribution in [3.05, 3.63) is 30.1 Å². The number of piperidine rings is 1. The van der Waals surface area contributed by atoms with Crippen LogP contribution in [0.2, 0.25) is 0 Å². The smallest absolute Gasteiger partial charge is 0.241 e. The number of amides is 2. The lowest BCUT2D eigenvalue weighted by Crippen LogP contribution is -2.45. The number of halogens is 2. The molecule has 4 nitrogen and oxygen atoms in total. The predicted octanol–water partition coefficient (Wildman–Crippen LogP) is 1.88. The predicted molar refractivity (Wildman–Crippen MR) is 75.3 cm³/mol. The molecule has 2 saturated heterocycles. The summed E-state index contributed by atoms with van der Waals surface area (Å²) in [5, 5.41) is 3.19. The second kappa shape index (κ2) is 5.50. The van der Waals surface area contributed by atoms with Crippen LogP contribution in [0, 0.1) is 11.2 Å². The molecule has 108 valence electrons. The molecule has 1 aromatic carbocycles. The minimum Gasteiger partial charge on any atom is -0.316 e. The highest BCUT2D eigenvalue weighted by Crippen LogP contribution is 2.40. The van der Waals surface area contributed by atoms with Crippen molar-refractivity contribution in [2.75, 3.05) is 18.0 Å². The number of benzene rings is 1. The van der Waals surface area contributed by atoms with Gasteiger partial charge in [-0.3, -0.25) is 14.5 Å². The van der Waals surface area contributed by atoms with Crippen molar-refractivity contribution in [2.24, 2.45) is 5.41 Å². The Morgan fingerprint density at radius 2 is 1.90 bits per heavy atom. The molecule has 0 aromatic heterocycles. The first-order chi connectivity index (χ1) is 9.12. The first-order valence-electron chi connectivity index (χ1n) is 6.46. The number of imide groups is 1. The number of nitrogens with zero attached hydrogens (tertiary/aromatic N) is 1. The summed E-state index contributed by atoms with van der Waals surface area (Å²) in [5.74, 6) is -0.728. The van der Waals surface area contributed by atoms with Crippen molar-refractivity contribution in [1.82, 2.24) is 5.32 Å². The Balaban J connectivity index is 0.00000147. The molecule has 2 aliphatic heterocycles. The van der Waals surface area contributed by atoms with Gasteiger partial charge >= 0.3 is 0 Å². The van der Waals surface area contributed by atoms with Gasteiger partial charge in [0.05, 0.1) is 11.1 Å². The first kappa shape index (κ1) is 14.9. The lowest BCUT2D eigenvalue weighted by molar-refractivity contribution is -0.126. The molecular weight excluding hydrogens is 283 g/mol. The van der Waals surface area contributed by atoms with Gasteiger partial charge in [0, 0.05) is 13.0 Å². The number of anilines is 1. The number of hydrogen-bond donors (Lipinski definition) is 1. The van der Waals surface area contributed by atoms with E-state index in [0.29, 0.717) is 12.2 Å². The van der Waals surface area contributed by atoms with Crippen molar-refractivity contribution in [3.63, 3.8) is 0 Å². The Hall–Kier alpha value is -1.46.